The van der Waals surface area contributed by atoms with Gasteiger partial charge >= 0.3 is 5.97 Å². The van der Waals surface area contributed by atoms with E-state index in [4.69, 9.17) is 38.7 Å². The predicted molar refractivity (Wildman–Crippen MR) is 150 cm³/mol. The molecule has 224 valence electrons. The number of carbonyl (C=O) groups excluding carboxylic acids is 1. The van der Waals surface area contributed by atoms with E-state index in [0.717, 1.165) is 11.1 Å². The van der Waals surface area contributed by atoms with E-state index < -0.39 is 48.2 Å². The number of hydrogen-bond acceptors (Lipinski definition) is 9. The highest BCUT2D eigenvalue weighted by atomic mass is 16.8. The Hall–Kier alpha value is -2.76. The lowest BCUT2D eigenvalue weighted by molar-refractivity contribution is -0.477. The van der Waals surface area contributed by atoms with Crippen molar-refractivity contribution in [3.63, 3.8) is 0 Å². The van der Waals surface area contributed by atoms with E-state index in [9.17, 15) is 4.79 Å². The van der Waals surface area contributed by atoms with Gasteiger partial charge in [-0.3, -0.25) is 4.79 Å². The highest BCUT2D eigenvalue weighted by Gasteiger charge is 2.63. The van der Waals surface area contributed by atoms with Crippen molar-refractivity contribution in [3.05, 3.63) is 57.5 Å². The summed E-state index contributed by atoms with van der Waals surface area (Å²) < 4.78 is 41.7. The predicted octanol–water partition coefficient (Wildman–Crippen LogP) is 5.26. The number of aryl methyl sites for hydroxylation is 2. The second kappa shape index (κ2) is 12.6. The molecule has 0 aromatic carbocycles. The number of methoxy groups -OCH3 is 3. The van der Waals surface area contributed by atoms with Crippen LogP contribution >= 0.6 is 0 Å². The van der Waals surface area contributed by atoms with E-state index in [1.807, 2.05) is 0 Å². The molecule has 0 saturated carbocycles. The lowest BCUT2D eigenvalue weighted by Gasteiger charge is -2.56. The Morgan fingerprint density at radius 2 is 1.73 bits per heavy atom. The molecule has 2 heterocycles. The Morgan fingerprint density at radius 1 is 1.05 bits per heavy atom. The van der Waals surface area contributed by atoms with Crippen LogP contribution in [0.3, 0.4) is 0 Å². The summed E-state index contributed by atoms with van der Waals surface area (Å²) in [6.45, 7) is 9.74. The van der Waals surface area contributed by atoms with Crippen molar-refractivity contribution in [2.45, 2.75) is 95.7 Å². The van der Waals surface area contributed by atoms with E-state index in [2.05, 4.69) is 61.1 Å². The van der Waals surface area contributed by atoms with Crippen molar-refractivity contribution in [2.24, 2.45) is 5.11 Å². The Morgan fingerprint density at radius 3 is 2.34 bits per heavy atom. The van der Waals surface area contributed by atoms with Crippen LogP contribution in [0.4, 0.5) is 0 Å². The molecule has 2 aliphatic heterocycles. The quantitative estimate of drug-likeness (QED) is 0.163. The highest BCUT2D eigenvalue weighted by molar-refractivity contribution is 5.75. The zero-order chi connectivity index (χ0) is 29.9. The molecule has 7 atom stereocenters. The van der Waals surface area contributed by atoms with Crippen LogP contribution in [0.25, 0.3) is 21.6 Å². The summed E-state index contributed by atoms with van der Waals surface area (Å²) in [6, 6.07) is 10.7. The molecule has 2 saturated heterocycles. The Bertz CT molecular complexity index is 1250. The summed E-state index contributed by atoms with van der Waals surface area (Å²) in [5, 5.41) is 3.67. The van der Waals surface area contributed by atoms with Gasteiger partial charge < -0.3 is 33.2 Å². The van der Waals surface area contributed by atoms with Crippen LogP contribution in [0.2, 0.25) is 0 Å². The normalized spacial score (nSPS) is 31.5. The molecule has 4 rings (SSSR count). The summed E-state index contributed by atoms with van der Waals surface area (Å²) in [7, 11) is 4.39. The number of hydrogen-bond donors (Lipinski definition) is 0. The maximum absolute atomic E-state index is 13.3. The fraction of sp³-hybridized carbons (Fsp3) is 0.633. The van der Waals surface area contributed by atoms with E-state index in [0.29, 0.717) is 12.3 Å². The van der Waals surface area contributed by atoms with Crippen LogP contribution in [-0.4, -0.2) is 76.1 Å². The third kappa shape index (κ3) is 6.08. The maximum atomic E-state index is 13.3. The van der Waals surface area contributed by atoms with Crippen molar-refractivity contribution < 1.29 is 38.0 Å². The zero-order valence-corrected chi connectivity index (χ0v) is 25.1. The van der Waals surface area contributed by atoms with Crippen molar-refractivity contribution in [2.75, 3.05) is 27.9 Å². The molecule has 0 spiro atoms. The second-order valence-electron chi connectivity index (χ2n) is 11.1. The minimum atomic E-state index is -1.36. The minimum Gasteiger partial charge on any atom is -0.454 e. The molecular weight excluding hydrogens is 530 g/mol. The molecule has 0 aromatic rings. The number of ether oxygens (including phenoxy) is 7. The average molecular weight is 572 g/mol. The summed E-state index contributed by atoms with van der Waals surface area (Å²) in [4.78, 5) is 16.2. The molecule has 0 unspecified atom stereocenters. The molecule has 0 amide bonds. The van der Waals surface area contributed by atoms with E-state index in [1.54, 1.807) is 13.8 Å². The first-order valence-electron chi connectivity index (χ1n) is 13.9. The topological polar surface area (TPSA) is 130 Å². The molecule has 2 fully saturated rings. The van der Waals surface area contributed by atoms with Crippen molar-refractivity contribution in [1.82, 2.24) is 0 Å². The molecule has 11 heteroatoms. The third-order valence-corrected chi connectivity index (χ3v) is 8.36. The minimum absolute atomic E-state index is 0.0521. The maximum Gasteiger partial charge on any atom is 0.306 e. The molecule has 11 nitrogen and oxygen atoms in total. The zero-order valence-electron chi connectivity index (χ0n) is 25.1. The molecule has 2 aliphatic carbocycles. The fourth-order valence-corrected chi connectivity index (χ4v) is 5.53. The van der Waals surface area contributed by atoms with Gasteiger partial charge in [0.2, 0.25) is 11.6 Å². The molecule has 0 bridgehead atoms. The van der Waals surface area contributed by atoms with E-state index in [-0.39, 0.29) is 13.0 Å². The fourth-order valence-electron chi connectivity index (χ4n) is 5.53. The van der Waals surface area contributed by atoms with Crippen LogP contribution in [0, 0.1) is 6.92 Å². The SMILES string of the molecule is CO[C@H]1O[C@H](CN=[N+]=[N-])[C@H]2O[C@](C)(OC)[C@@](C)(OC)O[C@@H]2[C@@H]1OC(=O)CCc1ccc(C(C)C)cc2c(C)ccc1-2. The van der Waals surface area contributed by atoms with Gasteiger partial charge in [-0.25, -0.2) is 0 Å². The molecule has 0 radical (unpaired) electrons. The van der Waals surface area contributed by atoms with Crippen molar-refractivity contribution >= 4 is 5.97 Å². The number of azide groups is 1. The monoisotopic (exact) mass is 571 g/mol. The standard InChI is InChI=1S/C30H41N3O8/c1-17(2)20-11-10-19(21-13-9-18(3)22(21)15-20)12-14-24(34)39-27-26-25(23(16-32-33-31)38-28(27)35-6)40-29(4,36-7)30(5,37-8)41-26/h9-11,13,15,17,23,25-28H,12,14,16H2,1-8H3/t23-,25-,26+,27+,28+,29+,30+/m1/s1. The number of rotatable bonds is 10. The lowest BCUT2D eigenvalue weighted by Crippen LogP contribution is -2.73. The Labute approximate surface area is 241 Å². The first-order chi connectivity index (χ1) is 19.5. The van der Waals surface area contributed by atoms with Crippen LogP contribution in [-0.2, 0) is 44.4 Å². The van der Waals surface area contributed by atoms with Crippen LogP contribution in [0.1, 0.15) is 56.7 Å². The second-order valence-corrected chi connectivity index (χ2v) is 11.1. The van der Waals surface area contributed by atoms with Gasteiger partial charge in [0.05, 0.1) is 12.6 Å². The summed E-state index contributed by atoms with van der Waals surface area (Å²) in [5.74, 6) is -2.76. The molecule has 41 heavy (non-hydrogen) atoms. The largest absolute Gasteiger partial charge is 0.454 e. The number of fused-ring (bicyclic) bond motifs is 2. The first-order valence-corrected chi connectivity index (χ1v) is 13.9. The first kappa shape index (κ1) is 31.2. The average Bonchev–Trinajstić information content (AvgIpc) is 3.20. The van der Waals surface area contributed by atoms with Gasteiger partial charge in [-0.1, -0.05) is 49.3 Å². The van der Waals surface area contributed by atoms with E-state index in [1.165, 1.54) is 38.0 Å². The Balaban J connectivity index is 1.57. The third-order valence-electron chi connectivity index (χ3n) is 8.36. The van der Waals surface area contributed by atoms with Crippen molar-refractivity contribution in [3.8, 4) is 11.1 Å². The molecule has 0 aromatic heterocycles. The lowest BCUT2D eigenvalue weighted by atomic mass is 9.93. The summed E-state index contributed by atoms with van der Waals surface area (Å²) >= 11 is 0. The van der Waals surface area contributed by atoms with Gasteiger partial charge in [0.1, 0.15) is 12.2 Å². The van der Waals surface area contributed by atoms with Gasteiger partial charge in [0.25, 0.3) is 0 Å². The molecular formula is C30H41N3O8. The van der Waals surface area contributed by atoms with Crippen molar-refractivity contribution in [1.29, 1.82) is 0 Å². The highest BCUT2D eigenvalue weighted by Crippen LogP contribution is 2.44. The molecule has 4 aliphatic rings. The van der Waals surface area contributed by atoms with E-state index >= 15 is 0 Å². The smallest absolute Gasteiger partial charge is 0.306 e. The van der Waals surface area contributed by atoms with Gasteiger partial charge in [-0.05, 0) is 66.5 Å². The van der Waals surface area contributed by atoms with Gasteiger partial charge in [-0.15, -0.1) is 0 Å². The Kier molecular flexibility index (Phi) is 9.60. The number of esters is 1. The van der Waals surface area contributed by atoms with Crippen LogP contribution < -0.4 is 0 Å². The van der Waals surface area contributed by atoms with Crippen LogP contribution in [0.5, 0.6) is 0 Å². The number of nitrogens with zero attached hydrogens (tertiary/aromatic N) is 3. The van der Waals surface area contributed by atoms with Gasteiger partial charge in [-0.2, -0.15) is 0 Å². The summed E-state index contributed by atoms with van der Waals surface area (Å²) in [5.41, 5.74) is 14.7. The van der Waals surface area contributed by atoms with Gasteiger partial charge in [0, 0.05) is 32.7 Å². The van der Waals surface area contributed by atoms with Crippen LogP contribution in [0.15, 0.2) is 35.4 Å². The molecule has 0 N–H and O–H groups in total. The summed E-state index contributed by atoms with van der Waals surface area (Å²) in [6.07, 6.45) is -3.80. The van der Waals surface area contributed by atoms with Gasteiger partial charge in [0.15, 0.2) is 12.4 Å². The number of carbonyl (C=O) groups is 1.